The molecule has 5 nitrogen and oxygen atoms in total. The average molecular weight is 208 g/mol. The standard InChI is InChI=1S/C10H16N4O/c11-2-1-10-12-5-8-6-14(3-4-15)7-9(8)13-10/h5,15H,1-4,6-7,11H2. The van der Waals surface area contributed by atoms with Gasteiger partial charge in [-0.15, -0.1) is 0 Å². The second-order valence-electron chi connectivity index (χ2n) is 3.73. The van der Waals surface area contributed by atoms with Crippen LogP contribution in [0.3, 0.4) is 0 Å². The summed E-state index contributed by atoms with van der Waals surface area (Å²) in [7, 11) is 0. The fraction of sp³-hybridized carbons (Fsp3) is 0.600. The molecule has 0 atom stereocenters. The predicted octanol–water partition coefficient (Wildman–Crippen LogP) is -0.714. The molecule has 5 heteroatoms. The van der Waals surface area contributed by atoms with Gasteiger partial charge in [0.05, 0.1) is 12.3 Å². The molecule has 0 saturated carbocycles. The van der Waals surface area contributed by atoms with Gasteiger partial charge in [-0.1, -0.05) is 0 Å². The molecule has 0 bridgehead atoms. The molecule has 0 saturated heterocycles. The van der Waals surface area contributed by atoms with Crippen molar-refractivity contribution in [3.8, 4) is 0 Å². The van der Waals surface area contributed by atoms with Gasteiger partial charge in [0.25, 0.3) is 0 Å². The Morgan fingerprint density at radius 1 is 1.47 bits per heavy atom. The summed E-state index contributed by atoms with van der Waals surface area (Å²) >= 11 is 0. The number of aliphatic hydroxyl groups excluding tert-OH is 1. The molecule has 15 heavy (non-hydrogen) atoms. The van der Waals surface area contributed by atoms with Gasteiger partial charge in [-0.3, -0.25) is 4.90 Å². The van der Waals surface area contributed by atoms with Crippen LogP contribution in [0.25, 0.3) is 0 Å². The third-order valence-corrected chi connectivity index (χ3v) is 2.56. The van der Waals surface area contributed by atoms with Crippen molar-refractivity contribution in [3.05, 3.63) is 23.3 Å². The molecule has 1 aromatic rings. The highest BCUT2D eigenvalue weighted by atomic mass is 16.3. The molecule has 0 fully saturated rings. The minimum atomic E-state index is 0.192. The molecule has 0 amide bonds. The first-order valence-corrected chi connectivity index (χ1v) is 5.20. The number of aromatic nitrogens is 2. The molecule has 0 unspecified atom stereocenters. The van der Waals surface area contributed by atoms with Gasteiger partial charge in [0.1, 0.15) is 5.82 Å². The van der Waals surface area contributed by atoms with Crippen molar-refractivity contribution in [2.45, 2.75) is 19.5 Å². The Kier molecular flexibility index (Phi) is 3.25. The summed E-state index contributed by atoms with van der Waals surface area (Å²) in [6.07, 6.45) is 2.61. The Bertz CT molecular complexity index is 342. The van der Waals surface area contributed by atoms with Crippen LogP contribution in [0.15, 0.2) is 6.20 Å². The molecule has 2 heterocycles. The minimum absolute atomic E-state index is 0.192. The number of aliphatic hydroxyl groups is 1. The van der Waals surface area contributed by atoms with Crippen LogP contribution in [0.5, 0.6) is 0 Å². The Balaban J connectivity index is 2.09. The SMILES string of the molecule is NCCc1ncc2c(n1)CN(CCO)C2. The lowest BCUT2D eigenvalue weighted by molar-refractivity contribution is 0.197. The number of nitrogens with two attached hydrogens (primary N) is 1. The van der Waals surface area contributed by atoms with E-state index in [4.69, 9.17) is 10.8 Å². The minimum Gasteiger partial charge on any atom is -0.395 e. The van der Waals surface area contributed by atoms with Crippen molar-refractivity contribution in [2.75, 3.05) is 19.7 Å². The first kappa shape index (κ1) is 10.5. The number of β-amino-alcohol motifs (C(OH)–C–C–N with tert-alkyl or cyclic N) is 1. The van der Waals surface area contributed by atoms with E-state index in [1.807, 2.05) is 6.20 Å². The summed E-state index contributed by atoms with van der Waals surface area (Å²) in [6, 6.07) is 0. The van der Waals surface area contributed by atoms with Crippen LogP contribution >= 0.6 is 0 Å². The summed E-state index contributed by atoms with van der Waals surface area (Å²) < 4.78 is 0. The van der Waals surface area contributed by atoms with Crippen molar-refractivity contribution in [2.24, 2.45) is 5.73 Å². The third-order valence-electron chi connectivity index (χ3n) is 2.56. The second kappa shape index (κ2) is 4.65. The highest BCUT2D eigenvalue weighted by Crippen LogP contribution is 2.19. The van der Waals surface area contributed by atoms with Crippen LogP contribution in [-0.2, 0) is 19.5 Å². The summed E-state index contributed by atoms with van der Waals surface area (Å²) in [6.45, 7) is 3.13. The molecule has 1 aliphatic rings. The number of fused-ring (bicyclic) bond motifs is 1. The highest BCUT2D eigenvalue weighted by Gasteiger charge is 2.20. The van der Waals surface area contributed by atoms with Gasteiger partial charge < -0.3 is 10.8 Å². The maximum Gasteiger partial charge on any atom is 0.129 e. The van der Waals surface area contributed by atoms with Crippen molar-refractivity contribution in [1.29, 1.82) is 0 Å². The second-order valence-corrected chi connectivity index (χ2v) is 3.73. The number of hydrogen-bond donors (Lipinski definition) is 2. The van der Waals surface area contributed by atoms with Crippen molar-refractivity contribution in [3.63, 3.8) is 0 Å². The van der Waals surface area contributed by atoms with E-state index in [-0.39, 0.29) is 6.61 Å². The summed E-state index contributed by atoms with van der Waals surface area (Å²) in [5.41, 5.74) is 7.71. The molecule has 2 rings (SSSR count). The monoisotopic (exact) mass is 208 g/mol. The van der Waals surface area contributed by atoms with Gasteiger partial charge in [0.2, 0.25) is 0 Å². The van der Waals surface area contributed by atoms with E-state index >= 15 is 0 Å². The average Bonchev–Trinajstić information content (AvgIpc) is 2.60. The predicted molar refractivity (Wildman–Crippen MR) is 56.0 cm³/mol. The van der Waals surface area contributed by atoms with Crippen molar-refractivity contribution < 1.29 is 5.11 Å². The van der Waals surface area contributed by atoms with Crippen LogP contribution in [0.4, 0.5) is 0 Å². The zero-order valence-corrected chi connectivity index (χ0v) is 8.69. The number of nitrogens with zero attached hydrogens (tertiary/aromatic N) is 3. The summed E-state index contributed by atoms with van der Waals surface area (Å²) in [5.74, 6) is 0.821. The van der Waals surface area contributed by atoms with Gasteiger partial charge in [-0.2, -0.15) is 0 Å². The van der Waals surface area contributed by atoms with Crippen LogP contribution in [0, 0.1) is 0 Å². The Morgan fingerprint density at radius 3 is 3.07 bits per heavy atom. The maximum atomic E-state index is 8.85. The van der Waals surface area contributed by atoms with Crippen molar-refractivity contribution >= 4 is 0 Å². The summed E-state index contributed by atoms with van der Waals surface area (Å²) in [5, 5.41) is 8.85. The normalized spacial score (nSPS) is 15.6. The molecular weight excluding hydrogens is 192 g/mol. The van der Waals surface area contributed by atoms with Crippen LogP contribution < -0.4 is 5.73 Å². The third kappa shape index (κ3) is 2.31. The Morgan fingerprint density at radius 2 is 2.33 bits per heavy atom. The molecule has 0 radical (unpaired) electrons. The first-order chi connectivity index (χ1) is 7.33. The lowest BCUT2D eigenvalue weighted by Crippen LogP contribution is -2.20. The van der Waals surface area contributed by atoms with Crippen molar-refractivity contribution in [1.82, 2.24) is 14.9 Å². The largest absolute Gasteiger partial charge is 0.395 e. The van der Waals surface area contributed by atoms with E-state index in [1.165, 1.54) is 5.56 Å². The van der Waals surface area contributed by atoms with E-state index in [0.29, 0.717) is 13.1 Å². The van der Waals surface area contributed by atoms with Gasteiger partial charge in [-0.25, -0.2) is 9.97 Å². The maximum absolute atomic E-state index is 8.85. The molecular formula is C10H16N4O. The van der Waals surface area contributed by atoms with E-state index < -0.39 is 0 Å². The molecule has 82 valence electrons. The highest BCUT2D eigenvalue weighted by molar-refractivity contribution is 5.21. The summed E-state index contributed by atoms with van der Waals surface area (Å²) in [4.78, 5) is 10.9. The molecule has 0 aromatic carbocycles. The zero-order chi connectivity index (χ0) is 10.7. The smallest absolute Gasteiger partial charge is 0.129 e. The Labute approximate surface area is 88.9 Å². The topological polar surface area (TPSA) is 75.3 Å². The van der Waals surface area contributed by atoms with Crippen LogP contribution in [-0.4, -0.2) is 39.7 Å². The quantitative estimate of drug-likeness (QED) is 0.683. The lowest BCUT2D eigenvalue weighted by Gasteiger charge is -2.10. The van der Waals surface area contributed by atoms with E-state index in [2.05, 4.69) is 14.9 Å². The van der Waals surface area contributed by atoms with Gasteiger partial charge in [0, 0.05) is 37.8 Å². The van der Waals surface area contributed by atoms with E-state index in [9.17, 15) is 0 Å². The number of hydrogen-bond acceptors (Lipinski definition) is 5. The van der Waals surface area contributed by atoms with Crippen LogP contribution in [0.2, 0.25) is 0 Å². The van der Waals surface area contributed by atoms with Gasteiger partial charge in [-0.05, 0) is 6.54 Å². The zero-order valence-electron chi connectivity index (χ0n) is 8.69. The fourth-order valence-electron chi connectivity index (χ4n) is 1.81. The molecule has 0 aliphatic carbocycles. The van der Waals surface area contributed by atoms with E-state index in [0.717, 1.165) is 31.0 Å². The van der Waals surface area contributed by atoms with E-state index in [1.54, 1.807) is 0 Å². The first-order valence-electron chi connectivity index (χ1n) is 5.20. The van der Waals surface area contributed by atoms with Gasteiger partial charge >= 0.3 is 0 Å². The Hall–Kier alpha value is -1.04. The number of rotatable bonds is 4. The van der Waals surface area contributed by atoms with Gasteiger partial charge in [0.15, 0.2) is 0 Å². The lowest BCUT2D eigenvalue weighted by atomic mass is 10.2. The molecule has 3 N–H and O–H groups in total. The van der Waals surface area contributed by atoms with Crippen LogP contribution in [0.1, 0.15) is 17.1 Å². The molecule has 0 spiro atoms. The fourth-order valence-corrected chi connectivity index (χ4v) is 1.81. The molecule has 1 aromatic heterocycles. The molecule has 1 aliphatic heterocycles.